The molecule has 70 heavy (non-hydrogen) atoms. The maximum absolute atomic E-state index is 4.45. The molecule has 348 valence electrons. The average Bonchev–Trinajstić information content (AvgIpc) is 3.45. The van der Waals surface area contributed by atoms with Gasteiger partial charge in [-0.2, -0.15) is 0 Å². The minimum absolute atomic E-state index is 0. The van der Waals surface area contributed by atoms with Crippen LogP contribution in [0, 0.1) is 24.3 Å². The molecule has 0 N–H and O–H groups in total. The van der Waals surface area contributed by atoms with Gasteiger partial charge in [0.1, 0.15) is 0 Å². The second-order valence-electron chi connectivity index (χ2n) is 15.7. The molecule has 0 bridgehead atoms. The predicted octanol–water partition coefficient (Wildman–Crippen LogP) is 15.8. The Morgan fingerprint density at radius 3 is 1.20 bits per heavy atom. The molecule has 11 aromatic rings. The number of fused-ring (bicyclic) bond motifs is 1. The van der Waals surface area contributed by atoms with E-state index in [1.807, 2.05) is 152 Å². The summed E-state index contributed by atoms with van der Waals surface area (Å²) in [7, 11) is 0. The van der Waals surface area contributed by atoms with Crippen molar-refractivity contribution in [2.24, 2.45) is 0 Å². The maximum Gasteiger partial charge on any atom is 0.0167 e. The molecule has 0 aliphatic heterocycles. The van der Waals surface area contributed by atoms with Gasteiger partial charge < -0.3 is 19.9 Å². The molecule has 0 saturated heterocycles. The van der Waals surface area contributed by atoms with Crippen molar-refractivity contribution in [3.63, 3.8) is 0 Å². The zero-order valence-corrected chi connectivity index (χ0v) is 43.8. The quantitative estimate of drug-likeness (QED) is 0.142. The van der Waals surface area contributed by atoms with Crippen molar-refractivity contribution in [3.05, 3.63) is 279 Å². The minimum atomic E-state index is 0. The fourth-order valence-corrected chi connectivity index (χ4v) is 7.45. The Morgan fingerprint density at radius 1 is 0.329 bits per heavy atom. The molecule has 0 aliphatic carbocycles. The third-order valence-corrected chi connectivity index (χ3v) is 11.2. The average molecular weight is 1260 g/mol. The molecule has 2 radical (unpaired) electrons. The fourth-order valence-electron chi connectivity index (χ4n) is 7.45. The van der Waals surface area contributed by atoms with Crippen LogP contribution in [-0.2, 0) is 53.1 Å². The number of hydrogen-bond acceptors (Lipinski definition) is 4. The van der Waals surface area contributed by atoms with Gasteiger partial charge in [0.25, 0.3) is 0 Å². The summed E-state index contributed by atoms with van der Waals surface area (Å²) >= 11 is 0. The van der Waals surface area contributed by atoms with Crippen LogP contribution in [0.25, 0.3) is 78.1 Å². The van der Waals surface area contributed by atoms with Gasteiger partial charge in [-0.1, -0.05) is 123 Å². The molecule has 6 heteroatoms. The van der Waals surface area contributed by atoms with E-state index in [0.717, 1.165) is 57.9 Å². The third-order valence-electron chi connectivity index (χ3n) is 11.2. The van der Waals surface area contributed by atoms with Gasteiger partial charge in [0.2, 0.25) is 0 Å². The molecule has 4 nitrogen and oxygen atoms in total. The first-order chi connectivity index (χ1) is 33.6. The second-order valence-corrected chi connectivity index (χ2v) is 15.7. The summed E-state index contributed by atoms with van der Waals surface area (Å²) in [5.74, 6) is 0. The Labute approximate surface area is 440 Å². The van der Waals surface area contributed by atoms with E-state index in [-0.39, 0.29) is 40.2 Å². The van der Waals surface area contributed by atoms with Crippen LogP contribution in [0.3, 0.4) is 0 Å². The van der Waals surface area contributed by atoms with Crippen molar-refractivity contribution in [3.8, 4) is 67.3 Å². The molecule has 7 aromatic carbocycles. The van der Waals surface area contributed by atoms with Crippen LogP contribution in [0.15, 0.2) is 243 Å². The summed E-state index contributed by atoms with van der Waals surface area (Å²) in [4.78, 5) is 17.4. The van der Waals surface area contributed by atoms with Gasteiger partial charge >= 0.3 is 0 Å². The van der Waals surface area contributed by atoms with E-state index in [2.05, 4.69) is 143 Å². The Bertz CT molecular complexity index is 3040. The Morgan fingerprint density at radius 2 is 0.757 bits per heavy atom. The minimum Gasteiger partial charge on any atom is -0.305 e. The number of benzene rings is 7. The van der Waals surface area contributed by atoms with E-state index in [4.69, 9.17) is 0 Å². The molecule has 0 amide bonds. The fraction of sp³-hybridized carbons (Fsp3) is 0.0625. The van der Waals surface area contributed by atoms with E-state index in [1.54, 1.807) is 6.20 Å². The smallest absolute Gasteiger partial charge is 0.0167 e. The van der Waals surface area contributed by atoms with Gasteiger partial charge in [-0.25, -0.2) is 0 Å². The Balaban J connectivity index is 0.000000154. The number of aromatic nitrogens is 4. The summed E-state index contributed by atoms with van der Waals surface area (Å²) in [6.45, 7) is 4.34. The van der Waals surface area contributed by atoms with Gasteiger partial charge in [-0.15, -0.1) is 143 Å². The topological polar surface area (TPSA) is 51.6 Å². The van der Waals surface area contributed by atoms with Crippen LogP contribution in [0.4, 0.5) is 0 Å². The van der Waals surface area contributed by atoms with Gasteiger partial charge in [-0.3, -0.25) is 0 Å². The summed E-state index contributed by atoms with van der Waals surface area (Å²) in [6.07, 6.45) is 9.40. The van der Waals surface area contributed by atoms with Gasteiger partial charge in [0, 0.05) is 65.0 Å². The number of nitrogens with zero attached hydrogens (tertiary/aromatic N) is 4. The molecular formula is C64H50Ir2N4-4. The van der Waals surface area contributed by atoms with Crippen LogP contribution < -0.4 is 0 Å². The first-order valence-electron chi connectivity index (χ1n) is 22.9. The van der Waals surface area contributed by atoms with Crippen LogP contribution in [0.5, 0.6) is 0 Å². The van der Waals surface area contributed by atoms with Crippen LogP contribution >= 0.6 is 0 Å². The van der Waals surface area contributed by atoms with Gasteiger partial charge in [0.15, 0.2) is 0 Å². The number of rotatable bonds is 8. The number of aryl methyl sites for hydroxylation is 2. The third kappa shape index (κ3) is 14.6. The van der Waals surface area contributed by atoms with Crippen molar-refractivity contribution >= 4 is 10.8 Å². The standard InChI is InChI=1S/2C19H16N.C15H10N.C11H8N.2Ir/c2*1-2-15-9-11-16(12-10-15)17-6-5-7-18(14-17)19-8-3-4-13-20-19;1-2-7-13(8-3-1)15-14-9-5-4-6-12(14)10-11-16-15;1-2-6-10(7-3-1)11-8-4-5-9-12-11;;/h2*3-6,8-14H,2H2,1H3;1-7,9-11H;1-6,8-9H;;/q4*-1;;. The van der Waals surface area contributed by atoms with Crippen molar-refractivity contribution in [2.75, 3.05) is 0 Å². The summed E-state index contributed by atoms with van der Waals surface area (Å²) < 4.78 is 0. The summed E-state index contributed by atoms with van der Waals surface area (Å²) in [5.41, 5.74) is 15.6. The number of hydrogen-bond donors (Lipinski definition) is 0. The van der Waals surface area contributed by atoms with E-state index >= 15 is 0 Å². The summed E-state index contributed by atoms with van der Waals surface area (Å²) in [6, 6.07) is 86.5. The van der Waals surface area contributed by atoms with E-state index < -0.39 is 0 Å². The zero-order chi connectivity index (χ0) is 46.6. The normalized spacial score (nSPS) is 10.0. The molecule has 0 atom stereocenters. The molecule has 0 aliphatic rings. The molecular weight excluding hydrogens is 1210 g/mol. The second kappa shape index (κ2) is 27.6. The molecule has 4 heterocycles. The molecule has 11 rings (SSSR count). The molecule has 0 spiro atoms. The molecule has 0 saturated carbocycles. The zero-order valence-electron chi connectivity index (χ0n) is 39.0. The van der Waals surface area contributed by atoms with Crippen molar-refractivity contribution in [1.29, 1.82) is 0 Å². The van der Waals surface area contributed by atoms with Crippen LogP contribution in [0.1, 0.15) is 25.0 Å². The van der Waals surface area contributed by atoms with Crippen molar-refractivity contribution < 1.29 is 40.2 Å². The van der Waals surface area contributed by atoms with Gasteiger partial charge in [0.05, 0.1) is 0 Å². The van der Waals surface area contributed by atoms with Gasteiger partial charge in [-0.05, 0) is 92.9 Å². The van der Waals surface area contributed by atoms with Crippen LogP contribution in [0.2, 0.25) is 0 Å². The Hall–Kier alpha value is -7.30. The monoisotopic (exact) mass is 1260 g/mol. The van der Waals surface area contributed by atoms with E-state index in [0.29, 0.717) is 0 Å². The molecule has 0 unspecified atom stereocenters. The SMILES string of the molecule is CCc1ccc(-c2cc[c-]c(-c3ccccn3)c2)cc1.CCc1ccc(-c2cc[c-]c(-c3ccccn3)c2)cc1.[Ir].[Ir].[c-]1ccccc1-c1ccccn1.[c-]1ccccc1-c1nccc2ccccc12. The maximum atomic E-state index is 4.45. The van der Waals surface area contributed by atoms with Crippen LogP contribution in [-0.4, -0.2) is 19.9 Å². The summed E-state index contributed by atoms with van der Waals surface area (Å²) in [5, 5.41) is 2.39. The predicted molar refractivity (Wildman–Crippen MR) is 281 cm³/mol. The Kier molecular flexibility index (Phi) is 20.6. The largest absolute Gasteiger partial charge is 0.305 e. The van der Waals surface area contributed by atoms with Crippen molar-refractivity contribution in [2.45, 2.75) is 26.7 Å². The first-order valence-corrected chi connectivity index (χ1v) is 22.9. The number of pyridine rings is 4. The van der Waals surface area contributed by atoms with E-state index in [9.17, 15) is 0 Å². The van der Waals surface area contributed by atoms with Crippen molar-refractivity contribution in [1.82, 2.24) is 19.9 Å². The van der Waals surface area contributed by atoms with E-state index in [1.165, 1.54) is 44.2 Å². The molecule has 4 aromatic heterocycles. The first kappa shape index (κ1) is 52.1. The molecule has 0 fully saturated rings.